The summed E-state index contributed by atoms with van der Waals surface area (Å²) in [5.74, 6) is -1.17. The van der Waals surface area contributed by atoms with E-state index in [2.05, 4.69) is 15.5 Å². The van der Waals surface area contributed by atoms with Crippen LogP contribution < -0.4 is 16.1 Å². The molecule has 0 atom stereocenters. The van der Waals surface area contributed by atoms with Gasteiger partial charge in [0.15, 0.2) is 0 Å². The minimum absolute atomic E-state index is 0.0121. The van der Waals surface area contributed by atoms with Gasteiger partial charge in [-0.3, -0.25) is 4.79 Å². The van der Waals surface area contributed by atoms with Crippen LogP contribution in [-0.4, -0.2) is 12.1 Å². The van der Waals surface area contributed by atoms with E-state index in [1.165, 1.54) is 12.1 Å². The minimum atomic E-state index is -0.706. The van der Waals surface area contributed by atoms with Crippen LogP contribution >= 0.6 is 34.8 Å². The van der Waals surface area contributed by atoms with Crippen molar-refractivity contribution in [2.45, 2.75) is 0 Å². The lowest BCUT2D eigenvalue weighted by atomic mass is 10.2. The third-order valence-corrected chi connectivity index (χ3v) is 3.79. The molecule has 0 unspecified atom stereocenters. The molecule has 5 nitrogen and oxygen atoms in total. The topological polar surface area (TPSA) is 81.6 Å². The number of hydrogen-bond acceptors (Lipinski definition) is 3. The number of H-pyrrole nitrogens is 1. The zero-order valence-corrected chi connectivity index (χ0v) is 13.1. The first-order valence-corrected chi connectivity index (χ1v) is 6.98. The molecule has 2 aromatic rings. The average Bonchev–Trinajstić information content (AvgIpc) is 2.50. The molecule has 1 aromatic heterocycles. The summed E-state index contributed by atoms with van der Waals surface area (Å²) in [5.41, 5.74) is 7.88. The fraction of sp³-hybridized carbons (Fsp3) is 0. The number of carbonyl (C=O) groups is 1. The molecule has 2 rings (SSSR count). The summed E-state index contributed by atoms with van der Waals surface area (Å²) in [6, 6.07) is 5.95. The van der Waals surface area contributed by atoms with Crippen molar-refractivity contribution < 1.29 is 14.2 Å². The van der Waals surface area contributed by atoms with Crippen LogP contribution in [0.15, 0.2) is 29.4 Å². The van der Waals surface area contributed by atoms with E-state index in [9.17, 15) is 9.18 Å². The smallest absolute Gasteiger partial charge is 0.337 e. The summed E-state index contributed by atoms with van der Waals surface area (Å²) in [4.78, 5) is 14.5. The van der Waals surface area contributed by atoms with E-state index in [4.69, 9.17) is 40.5 Å². The number of pyridine rings is 1. The summed E-state index contributed by atoms with van der Waals surface area (Å²) < 4.78 is 13.4. The van der Waals surface area contributed by atoms with Crippen molar-refractivity contribution in [2.75, 3.05) is 5.73 Å². The number of benzene rings is 1. The van der Waals surface area contributed by atoms with E-state index in [1.807, 2.05) is 0 Å². The minimum Gasteiger partial charge on any atom is -0.396 e. The number of aromatic nitrogens is 1. The Morgan fingerprint density at radius 3 is 2.64 bits per heavy atom. The maximum Gasteiger partial charge on any atom is 0.337 e. The molecule has 114 valence electrons. The first kappa shape index (κ1) is 16.5. The first-order chi connectivity index (χ1) is 10.4. The number of amides is 1. The standard InChI is InChI=1S/C13H8Cl3FN4O/c14-8-10(18)9(15)12(16)20-11(8)13(22)21-19-5-6-3-1-2-4-7(6)17/h1-5H,(H2,18,20)(H,21,22)/p+1/b19-5-. The Kier molecular flexibility index (Phi) is 5.18. The van der Waals surface area contributed by atoms with E-state index in [0.717, 1.165) is 6.21 Å². The molecule has 0 radical (unpaired) electrons. The molecule has 0 aliphatic heterocycles. The van der Waals surface area contributed by atoms with Gasteiger partial charge in [0.1, 0.15) is 15.9 Å². The van der Waals surface area contributed by atoms with Crippen LogP contribution in [0.4, 0.5) is 10.1 Å². The number of hydrazone groups is 1. The van der Waals surface area contributed by atoms with Crippen LogP contribution in [0.25, 0.3) is 0 Å². The van der Waals surface area contributed by atoms with Gasteiger partial charge in [-0.1, -0.05) is 41.4 Å². The number of hydrogen-bond donors (Lipinski definition) is 2. The number of rotatable bonds is 3. The molecule has 1 heterocycles. The van der Waals surface area contributed by atoms with Crippen LogP contribution in [0.3, 0.4) is 0 Å². The summed E-state index contributed by atoms with van der Waals surface area (Å²) in [6.45, 7) is 0. The van der Waals surface area contributed by atoms with E-state index >= 15 is 0 Å². The molecule has 4 N–H and O–H groups in total. The highest BCUT2D eigenvalue weighted by atomic mass is 35.5. The van der Waals surface area contributed by atoms with Crippen molar-refractivity contribution >= 4 is 52.6 Å². The normalized spacial score (nSPS) is 10.9. The lowest BCUT2D eigenvalue weighted by Gasteiger charge is -2.02. The SMILES string of the molecule is Nc1c(Cl)c(Cl)[nH+]c(C(=O)N/N=C\c2ccccc2F)c1Cl. The van der Waals surface area contributed by atoms with E-state index in [1.54, 1.807) is 12.1 Å². The highest BCUT2D eigenvalue weighted by Crippen LogP contribution is 2.31. The van der Waals surface area contributed by atoms with Gasteiger partial charge in [-0.25, -0.2) is 9.82 Å². The molecule has 0 aliphatic carbocycles. The Balaban J connectivity index is 2.19. The lowest BCUT2D eigenvalue weighted by molar-refractivity contribution is -0.379. The molecule has 0 bridgehead atoms. The van der Waals surface area contributed by atoms with Crippen molar-refractivity contribution in [3.8, 4) is 0 Å². The van der Waals surface area contributed by atoms with Crippen LogP contribution in [0.2, 0.25) is 15.2 Å². The quantitative estimate of drug-likeness (QED) is 0.500. The Morgan fingerprint density at radius 2 is 1.95 bits per heavy atom. The van der Waals surface area contributed by atoms with Gasteiger partial charge in [-0.15, -0.1) is 0 Å². The predicted molar refractivity (Wildman–Crippen MR) is 83.9 cm³/mol. The predicted octanol–water partition coefficient (Wildman–Crippen LogP) is 2.95. The highest BCUT2D eigenvalue weighted by molar-refractivity contribution is 6.45. The Labute approximate surface area is 139 Å². The molecular weight excluding hydrogens is 354 g/mol. The maximum absolute atomic E-state index is 13.4. The van der Waals surface area contributed by atoms with Crippen molar-refractivity contribution in [1.29, 1.82) is 0 Å². The third kappa shape index (κ3) is 3.47. The molecule has 22 heavy (non-hydrogen) atoms. The number of anilines is 1. The molecule has 0 fully saturated rings. The van der Waals surface area contributed by atoms with Crippen LogP contribution in [-0.2, 0) is 0 Å². The van der Waals surface area contributed by atoms with Crippen molar-refractivity contribution in [1.82, 2.24) is 5.43 Å². The van der Waals surface area contributed by atoms with Gasteiger partial charge in [0, 0.05) is 5.56 Å². The molecule has 0 saturated carbocycles. The second kappa shape index (κ2) is 6.91. The third-order valence-electron chi connectivity index (χ3n) is 2.62. The fourth-order valence-electron chi connectivity index (χ4n) is 1.52. The largest absolute Gasteiger partial charge is 0.396 e. The number of nitrogens with two attached hydrogens (primary N) is 1. The fourth-order valence-corrected chi connectivity index (χ4v) is 2.14. The molecule has 9 heteroatoms. The molecule has 0 aliphatic rings. The number of aromatic amines is 1. The second-order valence-corrected chi connectivity index (χ2v) is 5.21. The number of carbonyl (C=O) groups excluding carboxylic acids is 1. The highest BCUT2D eigenvalue weighted by Gasteiger charge is 2.25. The van der Waals surface area contributed by atoms with Crippen molar-refractivity contribution in [3.05, 3.63) is 56.5 Å². The molecular formula is C13H9Cl3FN4O+. The lowest BCUT2D eigenvalue weighted by Crippen LogP contribution is -2.28. The zero-order chi connectivity index (χ0) is 16.3. The summed E-state index contributed by atoms with van der Waals surface area (Å²) >= 11 is 17.5. The molecule has 0 spiro atoms. The Morgan fingerprint density at radius 1 is 1.27 bits per heavy atom. The number of nitrogens with zero attached hydrogens (tertiary/aromatic N) is 1. The number of halogens is 4. The summed E-state index contributed by atoms with van der Waals surface area (Å²) in [5, 5.41) is 3.53. The van der Waals surface area contributed by atoms with Gasteiger partial charge in [0.25, 0.3) is 10.8 Å². The monoisotopic (exact) mass is 361 g/mol. The van der Waals surface area contributed by atoms with Crippen molar-refractivity contribution in [2.24, 2.45) is 5.10 Å². The second-order valence-electron chi connectivity index (χ2n) is 4.08. The van der Waals surface area contributed by atoms with E-state index in [-0.39, 0.29) is 32.1 Å². The Bertz CT molecular complexity index is 767. The maximum atomic E-state index is 13.4. The van der Waals surface area contributed by atoms with Crippen LogP contribution in [0, 0.1) is 5.82 Å². The number of nitrogen functional groups attached to an aromatic ring is 1. The van der Waals surface area contributed by atoms with Gasteiger partial charge in [0.05, 0.1) is 11.9 Å². The Hall–Kier alpha value is -1.89. The molecule has 1 aromatic carbocycles. The number of nitrogens with one attached hydrogen (secondary N) is 2. The molecule has 0 saturated heterocycles. The molecule has 1 amide bonds. The zero-order valence-electron chi connectivity index (χ0n) is 10.8. The van der Waals surface area contributed by atoms with Crippen molar-refractivity contribution in [3.63, 3.8) is 0 Å². The average molecular weight is 363 g/mol. The summed E-state index contributed by atoms with van der Waals surface area (Å²) in [7, 11) is 0. The van der Waals surface area contributed by atoms with Gasteiger partial charge in [-0.05, 0) is 17.7 Å². The van der Waals surface area contributed by atoms with E-state index in [0.29, 0.717) is 0 Å². The first-order valence-electron chi connectivity index (χ1n) is 5.85. The van der Waals surface area contributed by atoms with Crippen LogP contribution in [0.1, 0.15) is 16.1 Å². The van der Waals surface area contributed by atoms with Gasteiger partial charge >= 0.3 is 5.91 Å². The summed E-state index contributed by atoms with van der Waals surface area (Å²) in [6.07, 6.45) is 1.15. The van der Waals surface area contributed by atoms with Gasteiger partial charge < -0.3 is 5.73 Å². The van der Waals surface area contributed by atoms with Gasteiger partial charge in [0.2, 0.25) is 0 Å². The van der Waals surface area contributed by atoms with E-state index < -0.39 is 11.7 Å². The van der Waals surface area contributed by atoms with Gasteiger partial charge in [-0.2, -0.15) is 10.1 Å². The van der Waals surface area contributed by atoms with Crippen LogP contribution in [0.5, 0.6) is 0 Å².